The fraction of sp³-hybridized carbons (Fsp3) is 0.579. The number of ketones is 1. The van der Waals surface area contributed by atoms with E-state index < -0.39 is 19.1 Å². The molecule has 0 bridgehead atoms. The van der Waals surface area contributed by atoms with Gasteiger partial charge >= 0.3 is 5.97 Å². The Morgan fingerprint density at radius 1 is 1.29 bits per heavy atom. The van der Waals surface area contributed by atoms with Crippen LogP contribution >= 0.6 is 0 Å². The highest BCUT2D eigenvalue weighted by Crippen LogP contribution is 2.77. The van der Waals surface area contributed by atoms with Crippen LogP contribution in [0, 0.1) is 16.7 Å². The summed E-state index contributed by atoms with van der Waals surface area (Å²) < 4.78 is 11.8. The molecule has 1 saturated heterocycles. The van der Waals surface area contributed by atoms with Crippen LogP contribution in [0.2, 0.25) is 19.1 Å². The van der Waals surface area contributed by atoms with Crippen molar-refractivity contribution in [1.82, 2.24) is 0 Å². The van der Waals surface area contributed by atoms with Crippen molar-refractivity contribution in [2.45, 2.75) is 44.5 Å². The fourth-order valence-electron chi connectivity index (χ4n) is 5.73. The normalized spacial score (nSPS) is 39.5. The van der Waals surface area contributed by atoms with Crippen LogP contribution in [0.3, 0.4) is 0 Å². The Bertz CT molecular complexity index is 701. The summed E-state index contributed by atoms with van der Waals surface area (Å²) in [4.78, 5) is 25.5. The molecule has 4 nitrogen and oxygen atoms in total. The van der Waals surface area contributed by atoms with Crippen molar-refractivity contribution in [1.29, 1.82) is 0 Å². The smallest absolute Gasteiger partial charge is 0.320 e. The Labute approximate surface area is 143 Å². The zero-order valence-corrected chi connectivity index (χ0v) is 15.5. The average Bonchev–Trinajstić information content (AvgIpc) is 2.77. The molecular weight excluding hydrogens is 320 g/mol. The van der Waals surface area contributed by atoms with Gasteiger partial charge in [-0.15, -0.1) is 0 Å². The number of hydrogen-bond acceptors (Lipinski definition) is 4. The van der Waals surface area contributed by atoms with E-state index in [-0.39, 0.29) is 17.9 Å². The number of carbonyl (C=O) groups is 2. The number of benzene rings is 1. The molecular formula is C19H24O4Si. The van der Waals surface area contributed by atoms with Crippen LogP contribution in [0.5, 0.6) is 0 Å². The molecule has 0 unspecified atom stereocenters. The maximum atomic E-state index is 12.8. The SMILES string of the molecule is COC(=O)[C@@]12C[C@H]3C[Si](C)(C)O[C@H](c4ccccc4)[C@]31CCC2=O. The van der Waals surface area contributed by atoms with Gasteiger partial charge in [-0.25, -0.2) is 0 Å². The van der Waals surface area contributed by atoms with Gasteiger partial charge in [0.25, 0.3) is 0 Å². The van der Waals surface area contributed by atoms with Gasteiger partial charge in [0.15, 0.2) is 14.1 Å². The number of Topliss-reactive ketones (excluding diaryl/α,β-unsaturated/α-hetero) is 1. The molecule has 1 aromatic carbocycles. The van der Waals surface area contributed by atoms with E-state index in [1.165, 1.54) is 7.11 Å². The van der Waals surface area contributed by atoms with Crippen LogP contribution in [0.4, 0.5) is 0 Å². The fourth-order valence-corrected chi connectivity index (χ4v) is 8.50. The molecule has 0 N–H and O–H groups in total. The van der Waals surface area contributed by atoms with Crippen molar-refractivity contribution in [2.75, 3.05) is 7.11 Å². The monoisotopic (exact) mass is 344 g/mol. The van der Waals surface area contributed by atoms with Gasteiger partial charge in [-0.2, -0.15) is 0 Å². The van der Waals surface area contributed by atoms with Crippen LogP contribution < -0.4 is 0 Å². The zero-order chi connectivity index (χ0) is 17.2. The molecule has 2 aliphatic carbocycles. The number of rotatable bonds is 2. The lowest BCUT2D eigenvalue weighted by Gasteiger charge is -2.66. The van der Waals surface area contributed by atoms with Gasteiger partial charge < -0.3 is 9.16 Å². The van der Waals surface area contributed by atoms with Crippen molar-refractivity contribution in [3.63, 3.8) is 0 Å². The molecule has 0 aromatic heterocycles. The van der Waals surface area contributed by atoms with Crippen molar-refractivity contribution < 1.29 is 18.8 Å². The molecule has 1 aromatic rings. The largest absolute Gasteiger partial charge is 0.468 e. The van der Waals surface area contributed by atoms with Gasteiger partial charge in [-0.1, -0.05) is 30.3 Å². The van der Waals surface area contributed by atoms with Crippen molar-refractivity contribution in [3.8, 4) is 0 Å². The molecule has 1 spiro atoms. The van der Waals surface area contributed by atoms with Gasteiger partial charge in [0, 0.05) is 11.8 Å². The maximum absolute atomic E-state index is 12.8. The van der Waals surface area contributed by atoms with E-state index >= 15 is 0 Å². The van der Waals surface area contributed by atoms with Crippen LogP contribution in [0.1, 0.15) is 30.9 Å². The second-order valence-electron chi connectivity index (χ2n) is 8.13. The Kier molecular flexibility index (Phi) is 3.35. The molecule has 1 aliphatic heterocycles. The minimum absolute atomic E-state index is 0.0523. The Hall–Kier alpha value is -1.46. The quantitative estimate of drug-likeness (QED) is 0.468. The zero-order valence-electron chi connectivity index (χ0n) is 14.5. The molecule has 0 radical (unpaired) electrons. The molecule has 2 saturated carbocycles. The van der Waals surface area contributed by atoms with E-state index in [0.717, 1.165) is 18.0 Å². The lowest BCUT2D eigenvalue weighted by molar-refractivity contribution is -0.215. The highest BCUT2D eigenvalue weighted by Gasteiger charge is 2.80. The first-order valence-corrected chi connectivity index (χ1v) is 11.8. The number of carbonyl (C=O) groups excluding carboxylic acids is 2. The predicted octanol–water partition coefficient (Wildman–Crippen LogP) is 3.49. The van der Waals surface area contributed by atoms with E-state index in [2.05, 4.69) is 25.2 Å². The minimum atomic E-state index is -1.82. The lowest BCUT2D eigenvalue weighted by atomic mass is 9.42. The molecule has 24 heavy (non-hydrogen) atoms. The molecule has 128 valence electrons. The Morgan fingerprint density at radius 3 is 2.67 bits per heavy atom. The van der Waals surface area contributed by atoms with Crippen LogP contribution in [-0.2, 0) is 18.8 Å². The number of hydrogen-bond donors (Lipinski definition) is 0. The number of ether oxygens (including phenoxy) is 1. The van der Waals surface area contributed by atoms with Crippen molar-refractivity contribution in [2.24, 2.45) is 16.7 Å². The molecule has 5 heteroatoms. The van der Waals surface area contributed by atoms with Crippen LogP contribution in [-0.4, -0.2) is 27.2 Å². The molecule has 3 aliphatic rings. The summed E-state index contributed by atoms with van der Waals surface area (Å²) >= 11 is 0. The summed E-state index contributed by atoms with van der Waals surface area (Å²) in [6, 6.07) is 11.1. The summed E-state index contributed by atoms with van der Waals surface area (Å²) in [5.41, 5.74) is -0.316. The molecule has 1 heterocycles. The number of esters is 1. The molecule has 3 fully saturated rings. The van der Waals surface area contributed by atoms with E-state index in [4.69, 9.17) is 9.16 Å². The number of methoxy groups -OCH3 is 1. The third-order valence-electron chi connectivity index (χ3n) is 6.60. The van der Waals surface area contributed by atoms with Crippen molar-refractivity contribution >= 4 is 20.1 Å². The van der Waals surface area contributed by atoms with E-state index in [0.29, 0.717) is 18.8 Å². The maximum Gasteiger partial charge on any atom is 0.320 e. The van der Waals surface area contributed by atoms with E-state index in [9.17, 15) is 9.59 Å². The van der Waals surface area contributed by atoms with E-state index in [1.807, 2.05) is 18.2 Å². The molecule has 4 atom stereocenters. The standard InChI is InChI=1S/C19H24O4Si/c1-22-17(21)19-11-14-12-24(2,3)23-16(13-7-5-4-6-8-13)18(14,19)10-9-15(19)20/h4-8,14,16H,9-12H2,1-3H3/t14-,16+,18-,19-/m0/s1. The van der Waals surface area contributed by atoms with Gasteiger partial charge in [0.2, 0.25) is 0 Å². The first-order chi connectivity index (χ1) is 11.4. The summed E-state index contributed by atoms with van der Waals surface area (Å²) in [7, 11) is -0.426. The predicted molar refractivity (Wildman–Crippen MR) is 91.8 cm³/mol. The molecule has 4 rings (SSSR count). The summed E-state index contributed by atoms with van der Waals surface area (Å²) in [6.45, 7) is 4.48. The van der Waals surface area contributed by atoms with Gasteiger partial charge in [-0.05, 0) is 43.5 Å². The first-order valence-electron chi connectivity index (χ1n) is 8.72. The van der Waals surface area contributed by atoms with Gasteiger partial charge in [-0.3, -0.25) is 9.59 Å². The second kappa shape index (κ2) is 5.02. The Balaban J connectivity index is 1.87. The topological polar surface area (TPSA) is 52.6 Å². The molecule has 0 amide bonds. The highest BCUT2D eigenvalue weighted by atomic mass is 28.4. The third-order valence-corrected chi connectivity index (χ3v) is 8.95. The lowest BCUT2D eigenvalue weighted by Crippen LogP contribution is -2.69. The van der Waals surface area contributed by atoms with Crippen LogP contribution in [0.15, 0.2) is 30.3 Å². The highest BCUT2D eigenvalue weighted by molar-refractivity contribution is 6.71. The summed E-state index contributed by atoms with van der Waals surface area (Å²) in [5, 5.41) is 0. The Morgan fingerprint density at radius 2 is 2.00 bits per heavy atom. The summed E-state index contributed by atoms with van der Waals surface area (Å²) in [6.07, 6.45) is 1.65. The van der Waals surface area contributed by atoms with Crippen molar-refractivity contribution in [3.05, 3.63) is 35.9 Å². The average molecular weight is 344 g/mol. The van der Waals surface area contributed by atoms with E-state index in [1.54, 1.807) is 0 Å². The van der Waals surface area contributed by atoms with Crippen LogP contribution in [0.25, 0.3) is 0 Å². The minimum Gasteiger partial charge on any atom is -0.468 e. The summed E-state index contributed by atoms with van der Waals surface area (Å²) in [5.74, 6) is 0.0762. The first kappa shape index (κ1) is 16.0. The van der Waals surface area contributed by atoms with Gasteiger partial charge in [0.1, 0.15) is 5.41 Å². The second-order valence-corrected chi connectivity index (χ2v) is 12.3. The van der Waals surface area contributed by atoms with Gasteiger partial charge in [0.05, 0.1) is 13.2 Å². The third kappa shape index (κ3) is 1.77.